The Bertz CT molecular complexity index is 529. The number of aromatic carboxylic acids is 1. The second-order valence-corrected chi connectivity index (χ2v) is 3.72. The van der Waals surface area contributed by atoms with Crippen molar-refractivity contribution in [2.45, 2.75) is 6.42 Å². The van der Waals surface area contributed by atoms with Gasteiger partial charge in [0.1, 0.15) is 0 Å². The van der Waals surface area contributed by atoms with E-state index in [1.165, 1.54) is 18.0 Å². The van der Waals surface area contributed by atoms with E-state index in [9.17, 15) is 4.79 Å². The lowest BCUT2D eigenvalue weighted by molar-refractivity contribution is 0.0691. The monoisotopic (exact) mass is 243 g/mol. The molecule has 0 radical (unpaired) electrons. The number of anilines is 1. The van der Waals surface area contributed by atoms with Gasteiger partial charge >= 0.3 is 5.97 Å². The first kappa shape index (κ1) is 12.0. The van der Waals surface area contributed by atoms with E-state index < -0.39 is 5.97 Å². The molecule has 0 amide bonds. The Kier molecular flexibility index (Phi) is 3.86. The maximum Gasteiger partial charge on any atom is 0.358 e. The van der Waals surface area contributed by atoms with E-state index in [2.05, 4.69) is 15.3 Å². The minimum atomic E-state index is -1.08. The van der Waals surface area contributed by atoms with Crippen LogP contribution in [0.1, 0.15) is 16.1 Å². The zero-order valence-electron chi connectivity index (χ0n) is 9.71. The maximum atomic E-state index is 10.9. The molecule has 92 valence electrons. The molecule has 0 spiro atoms. The number of carbonyl (C=O) groups is 1. The Hall–Kier alpha value is -2.43. The SMILES string of the molecule is O=C(O)c1nccnc1NCCc1ccccc1. The molecule has 0 saturated heterocycles. The molecule has 0 aliphatic rings. The van der Waals surface area contributed by atoms with Gasteiger partial charge < -0.3 is 10.4 Å². The fraction of sp³-hybridized carbons (Fsp3) is 0.154. The van der Waals surface area contributed by atoms with Crippen LogP contribution in [0.4, 0.5) is 5.82 Å². The number of carboxylic acids is 1. The molecule has 0 fully saturated rings. The molecule has 1 aromatic heterocycles. The summed E-state index contributed by atoms with van der Waals surface area (Å²) in [6.45, 7) is 0.614. The van der Waals surface area contributed by atoms with E-state index in [4.69, 9.17) is 5.11 Å². The number of hydrogen-bond acceptors (Lipinski definition) is 4. The smallest absolute Gasteiger partial charge is 0.358 e. The van der Waals surface area contributed by atoms with Crippen LogP contribution in [0.2, 0.25) is 0 Å². The van der Waals surface area contributed by atoms with Gasteiger partial charge in [0.05, 0.1) is 0 Å². The summed E-state index contributed by atoms with van der Waals surface area (Å²) in [5, 5.41) is 11.9. The molecule has 0 unspecified atom stereocenters. The summed E-state index contributed by atoms with van der Waals surface area (Å²) in [4.78, 5) is 18.7. The van der Waals surface area contributed by atoms with Crippen molar-refractivity contribution in [3.8, 4) is 0 Å². The number of aromatic nitrogens is 2. The predicted octanol–water partition coefficient (Wildman–Crippen LogP) is 1.83. The zero-order valence-corrected chi connectivity index (χ0v) is 9.71. The Morgan fingerprint density at radius 3 is 2.61 bits per heavy atom. The van der Waals surface area contributed by atoms with Gasteiger partial charge in [-0.2, -0.15) is 0 Å². The van der Waals surface area contributed by atoms with Gasteiger partial charge in [-0.05, 0) is 12.0 Å². The van der Waals surface area contributed by atoms with Crippen molar-refractivity contribution in [2.24, 2.45) is 0 Å². The van der Waals surface area contributed by atoms with Gasteiger partial charge in [0, 0.05) is 18.9 Å². The van der Waals surface area contributed by atoms with Crippen molar-refractivity contribution < 1.29 is 9.90 Å². The van der Waals surface area contributed by atoms with Gasteiger partial charge in [-0.3, -0.25) is 0 Å². The Morgan fingerprint density at radius 1 is 1.17 bits per heavy atom. The number of nitrogens with one attached hydrogen (secondary N) is 1. The van der Waals surface area contributed by atoms with Crippen molar-refractivity contribution >= 4 is 11.8 Å². The van der Waals surface area contributed by atoms with Gasteiger partial charge in [0.25, 0.3) is 0 Å². The number of hydrogen-bond donors (Lipinski definition) is 2. The van der Waals surface area contributed by atoms with E-state index >= 15 is 0 Å². The Morgan fingerprint density at radius 2 is 1.89 bits per heavy atom. The predicted molar refractivity (Wildman–Crippen MR) is 67.6 cm³/mol. The van der Waals surface area contributed by atoms with Gasteiger partial charge in [0.15, 0.2) is 11.5 Å². The third-order valence-corrected chi connectivity index (χ3v) is 2.45. The van der Waals surface area contributed by atoms with Crippen LogP contribution in [-0.4, -0.2) is 27.6 Å². The van der Waals surface area contributed by atoms with E-state index in [1.54, 1.807) is 0 Å². The van der Waals surface area contributed by atoms with E-state index in [0.29, 0.717) is 12.4 Å². The van der Waals surface area contributed by atoms with Gasteiger partial charge in [-0.25, -0.2) is 14.8 Å². The van der Waals surface area contributed by atoms with Crippen LogP contribution in [0.3, 0.4) is 0 Å². The molecule has 0 bridgehead atoms. The van der Waals surface area contributed by atoms with Crippen LogP contribution in [0, 0.1) is 0 Å². The molecular formula is C13H13N3O2. The lowest BCUT2D eigenvalue weighted by Crippen LogP contribution is -2.12. The molecule has 0 aliphatic carbocycles. The van der Waals surface area contributed by atoms with Gasteiger partial charge in [-0.15, -0.1) is 0 Å². The van der Waals surface area contributed by atoms with Gasteiger partial charge in [0.2, 0.25) is 0 Å². The first-order valence-electron chi connectivity index (χ1n) is 5.59. The summed E-state index contributed by atoms with van der Waals surface area (Å²) >= 11 is 0. The normalized spacial score (nSPS) is 10.0. The quantitative estimate of drug-likeness (QED) is 0.838. The fourth-order valence-corrected chi connectivity index (χ4v) is 1.59. The van der Waals surface area contributed by atoms with Crippen molar-refractivity contribution in [3.63, 3.8) is 0 Å². The first-order valence-corrected chi connectivity index (χ1v) is 5.59. The lowest BCUT2D eigenvalue weighted by atomic mass is 10.1. The van der Waals surface area contributed by atoms with Crippen LogP contribution in [0.15, 0.2) is 42.7 Å². The third-order valence-electron chi connectivity index (χ3n) is 2.45. The van der Waals surface area contributed by atoms with Crippen molar-refractivity contribution in [1.29, 1.82) is 0 Å². The molecule has 2 aromatic rings. The molecule has 1 heterocycles. The number of nitrogens with zero attached hydrogens (tertiary/aromatic N) is 2. The highest BCUT2D eigenvalue weighted by atomic mass is 16.4. The highest BCUT2D eigenvalue weighted by Crippen LogP contribution is 2.08. The molecule has 5 heteroatoms. The third kappa shape index (κ3) is 3.04. The Labute approximate surface area is 105 Å². The van der Waals surface area contributed by atoms with Crippen LogP contribution in [0.25, 0.3) is 0 Å². The summed E-state index contributed by atoms with van der Waals surface area (Å²) in [6, 6.07) is 9.95. The topological polar surface area (TPSA) is 75.1 Å². The first-order chi connectivity index (χ1) is 8.77. The summed E-state index contributed by atoms with van der Waals surface area (Å²) in [5.74, 6) is -0.772. The molecule has 5 nitrogen and oxygen atoms in total. The van der Waals surface area contributed by atoms with Gasteiger partial charge in [-0.1, -0.05) is 30.3 Å². The number of carboxylic acid groups (broad SMARTS) is 1. The molecule has 2 N–H and O–H groups in total. The van der Waals surface area contributed by atoms with Crippen molar-refractivity contribution in [3.05, 3.63) is 54.0 Å². The minimum absolute atomic E-state index is 0.0504. The number of benzene rings is 1. The highest BCUT2D eigenvalue weighted by molar-refractivity contribution is 5.90. The summed E-state index contributed by atoms with van der Waals surface area (Å²) < 4.78 is 0. The maximum absolute atomic E-state index is 10.9. The van der Waals surface area contributed by atoms with Crippen LogP contribution in [-0.2, 0) is 6.42 Å². The largest absolute Gasteiger partial charge is 0.476 e. The molecule has 2 rings (SSSR count). The minimum Gasteiger partial charge on any atom is -0.476 e. The zero-order chi connectivity index (χ0) is 12.8. The summed E-state index contributed by atoms with van der Waals surface area (Å²) in [5.41, 5.74) is 1.14. The van der Waals surface area contributed by atoms with E-state index in [1.807, 2.05) is 30.3 Å². The molecule has 0 atom stereocenters. The molecular weight excluding hydrogens is 230 g/mol. The number of rotatable bonds is 5. The lowest BCUT2D eigenvalue weighted by Gasteiger charge is -2.07. The highest BCUT2D eigenvalue weighted by Gasteiger charge is 2.11. The average molecular weight is 243 g/mol. The average Bonchev–Trinajstić information content (AvgIpc) is 2.40. The molecule has 18 heavy (non-hydrogen) atoms. The van der Waals surface area contributed by atoms with Crippen LogP contribution < -0.4 is 5.32 Å². The van der Waals surface area contributed by atoms with Crippen molar-refractivity contribution in [1.82, 2.24) is 9.97 Å². The summed E-state index contributed by atoms with van der Waals surface area (Å²) in [6.07, 6.45) is 3.64. The van der Waals surface area contributed by atoms with Crippen molar-refractivity contribution in [2.75, 3.05) is 11.9 Å². The molecule has 0 aliphatic heterocycles. The molecule has 0 saturated carbocycles. The Balaban J connectivity index is 1.97. The van der Waals surface area contributed by atoms with Crippen LogP contribution >= 0.6 is 0 Å². The van der Waals surface area contributed by atoms with Crippen LogP contribution in [0.5, 0.6) is 0 Å². The summed E-state index contributed by atoms with van der Waals surface area (Å²) in [7, 11) is 0. The molecule has 1 aromatic carbocycles. The standard InChI is InChI=1S/C13H13N3O2/c17-13(18)11-12(16-9-8-14-11)15-7-6-10-4-2-1-3-5-10/h1-5,8-9H,6-7H2,(H,15,16)(H,17,18). The second kappa shape index (κ2) is 5.77. The second-order valence-electron chi connectivity index (χ2n) is 3.72. The van der Waals surface area contributed by atoms with E-state index in [0.717, 1.165) is 6.42 Å². The van der Waals surface area contributed by atoms with E-state index in [-0.39, 0.29) is 5.69 Å². The fourth-order valence-electron chi connectivity index (χ4n) is 1.59.